The minimum atomic E-state index is -0.0484. The third-order valence-electron chi connectivity index (χ3n) is 6.04. The summed E-state index contributed by atoms with van der Waals surface area (Å²) in [5.74, 6) is 0.0449. The summed E-state index contributed by atoms with van der Waals surface area (Å²) in [4.78, 5) is 20.2. The quantitative estimate of drug-likeness (QED) is 0.458. The average Bonchev–Trinajstić information content (AvgIpc) is 3.40. The van der Waals surface area contributed by atoms with Crippen molar-refractivity contribution in [2.45, 2.75) is 33.1 Å². The molecule has 1 aliphatic heterocycles. The summed E-state index contributed by atoms with van der Waals surface area (Å²) in [5, 5.41) is 8.78. The van der Waals surface area contributed by atoms with E-state index in [1.807, 2.05) is 54.1 Å². The molecule has 7 heteroatoms. The predicted molar refractivity (Wildman–Crippen MR) is 131 cm³/mol. The fourth-order valence-corrected chi connectivity index (χ4v) is 5.31. The number of carbonyl (C=O) groups is 1. The number of carbonyl (C=O) groups excluding carboxylic acids is 1. The molecular formula is C25H27N5OS. The summed E-state index contributed by atoms with van der Waals surface area (Å²) in [7, 11) is 0. The van der Waals surface area contributed by atoms with Crippen LogP contribution >= 0.6 is 11.3 Å². The molecule has 1 fully saturated rings. The van der Waals surface area contributed by atoms with Gasteiger partial charge in [0.15, 0.2) is 10.8 Å². The standard InChI is InChI=1S/C25H27N5OS/c1-3-18-9-7-11-20(15-18)26-24(31)19-10-8-14-29(16-19)25-27-23-22(32-25)17(2)28-30(23)21-12-5-4-6-13-21/h4-7,9,11-13,15,19H,3,8,10,14,16H2,1-2H3,(H,26,31)/t19-/m1/s1. The highest BCUT2D eigenvalue weighted by Crippen LogP contribution is 2.34. The number of benzene rings is 2. The molecule has 164 valence electrons. The van der Waals surface area contributed by atoms with Crippen LogP contribution < -0.4 is 10.2 Å². The SMILES string of the molecule is CCc1cccc(NC(=O)[C@@H]2CCCN(c3nc4c(s3)c(C)nn4-c3ccccc3)C2)c1. The fraction of sp³-hybridized carbons (Fsp3) is 0.320. The van der Waals surface area contributed by atoms with Crippen LogP contribution in [0, 0.1) is 12.8 Å². The Balaban J connectivity index is 1.35. The minimum Gasteiger partial charge on any atom is -0.347 e. The van der Waals surface area contributed by atoms with Gasteiger partial charge in [0.2, 0.25) is 5.91 Å². The van der Waals surface area contributed by atoms with Gasteiger partial charge in [-0.15, -0.1) is 0 Å². The lowest BCUT2D eigenvalue weighted by Crippen LogP contribution is -2.40. The van der Waals surface area contributed by atoms with E-state index < -0.39 is 0 Å². The summed E-state index contributed by atoms with van der Waals surface area (Å²) in [6, 6.07) is 18.2. The maximum absolute atomic E-state index is 13.0. The summed E-state index contributed by atoms with van der Waals surface area (Å²) in [6.07, 6.45) is 2.84. The van der Waals surface area contributed by atoms with Crippen molar-refractivity contribution >= 4 is 38.4 Å². The van der Waals surface area contributed by atoms with Crippen LogP contribution in [0.15, 0.2) is 54.6 Å². The largest absolute Gasteiger partial charge is 0.347 e. The maximum atomic E-state index is 13.0. The van der Waals surface area contributed by atoms with E-state index in [2.05, 4.69) is 29.3 Å². The van der Waals surface area contributed by atoms with Gasteiger partial charge < -0.3 is 10.2 Å². The number of aromatic nitrogens is 3. The molecule has 0 radical (unpaired) electrons. The van der Waals surface area contributed by atoms with Crippen LogP contribution in [-0.4, -0.2) is 33.8 Å². The summed E-state index contributed by atoms with van der Waals surface area (Å²) in [6.45, 7) is 5.76. The number of nitrogens with zero attached hydrogens (tertiary/aromatic N) is 4. The van der Waals surface area contributed by atoms with Crippen LogP contribution in [0.2, 0.25) is 0 Å². The van der Waals surface area contributed by atoms with Gasteiger partial charge in [0, 0.05) is 18.8 Å². The van der Waals surface area contributed by atoms with Gasteiger partial charge in [-0.25, -0.2) is 4.68 Å². The number of hydrogen-bond donors (Lipinski definition) is 1. The number of rotatable bonds is 5. The molecule has 32 heavy (non-hydrogen) atoms. The van der Waals surface area contributed by atoms with Crippen molar-refractivity contribution in [3.05, 3.63) is 65.9 Å². The Kier molecular flexibility index (Phi) is 5.66. The molecule has 0 unspecified atom stereocenters. The second-order valence-electron chi connectivity index (χ2n) is 8.31. The third kappa shape index (κ3) is 4.00. The average molecular weight is 446 g/mol. The van der Waals surface area contributed by atoms with Crippen molar-refractivity contribution < 1.29 is 4.79 Å². The Labute approximate surface area is 191 Å². The first-order chi connectivity index (χ1) is 15.6. The number of fused-ring (bicyclic) bond motifs is 1. The van der Waals surface area contributed by atoms with E-state index in [4.69, 9.17) is 10.1 Å². The topological polar surface area (TPSA) is 63.1 Å². The van der Waals surface area contributed by atoms with Gasteiger partial charge in [-0.05, 0) is 56.0 Å². The highest BCUT2D eigenvalue weighted by Gasteiger charge is 2.28. The molecular weight excluding hydrogens is 418 g/mol. The molecule has 1 amide bonds. The van der Waals surface area contributed by atoms with Gasteiger partial charge in [0.1, 0.15) is 0 Å². The number of nitrogens with one attached hydrogen (secondary N) is 1. The Hall–Kier alpha value is -3.19. The molecule has 0 spiro atoms. The van der Waals surface area contributed by atoms with Crippen molar-refractivity contribution in [1.29, 1.82) is 0 Å². The molecule has 3 heterocycles. The van der Waals surface area contributed by atoms with Gasteiger partial charge in [-0.2, -0.15) is 10.1 Å². The number of amides is 1. The van der Waals surface area contributed by atoms with E-state index >= 15 is 0 Å². The number of aryl methyl sites for hydroxylation is 2. The number of thiazole rings is 1. The van der Waals surface area contributed by atoms with Crippen LogP contribution in [0.25, 0.3) is 16.0 Å². The van der Waals surface area contributed by atoms with E-state index in [9.17, 15) is 4.79 Å². The molecule has 0 bridgehead atoms. The fourth-order valence-electron chi connectivity index (χ4n) is 4.29. The first-order valence-electron chi connectivity index (χ1n) is 11.2. The zero-order valence-corrected chi connectivity index (χ0v) is 19.2. The van der Waals surface area contributed by atoms with Crippen LogP contribution in [0.1, 0.15) is 31.0 Å². The van der Waals surface area contributed by atoms with Gasteiger partial charge in [-0.3, -0.25) is 4.79 Å². The molecule has 1 atom stereocenters. The van der Waals surface area contributed by atoms with E-state index in [-0.39, 0.29) is 11.8 Å². The lowest BCUT2D eigenvalue weighted by atomic mass is 9.97. The van der Waals surface area contributed by atoms with Crippen molar-refractivity contribution in [2.75, 3.05) is 23.3 Å². The minimum absolute atomic E-state index is 0.0484. The Morgan fingerprint density at radius 1 is 1.19 bits per heavy atom. The third-order valence-corrected chi connectivity index (χ3v) is 7.26. The normalized spacial score (nSPS) is 16.4. The number of piperidine rings is 1. The maximum Gasteiger partial charge on any atom is 0.229 e. The summed E-state index contributed by atoms with van der Waals surface area (Å²) >= 11 is 1.67. The zero-order valence-electron chi connectivity index (χ0n) is 18.4. The lowest BCUT2D eigenvalue weighted by Gasteiger charge is -2.31. The van der Waals surface area contributed by atoms with Crippen molar-refractivity contribution in [1.82, 2.24) is 14.8 Å². The molecule has 1 saturated heterocycles. The molecule has 6 nitrogen and oxygen atoms in total. The molecule has 5 rings (SSSR count). The van der Waals surface area contributed by atoms with Crippen LogP contribution in [0.4, 0.5) is 10.8 Å². The molecule has 0 aliphatic carbocycles. The molecule has 1 N–H and O–H groups in total. The highest BCUT2D eigenvalue weighted by atomic mass is 32.1. The Bertz CT molecular complexity index is 1250. The lowest BCUT2D eigenvalue weighted by molar-refractivity contribution is -0.120. The number of hydrogen-bond acceptors (Lipinski definition) is 5. The number of para-hydroxylation sites is 1. The van der Waals surface area contributed by atoms with E-state index in [0.717, 1.165) is 58.4 Å². The van der Waals surface area contributed by atoms with Crippen LogP contribution in [-0.2, 0) is 11.2 Å². The number of anilines is 2. The van der Waals surface area contributed by atoms with Crippen molar-refractivity contribution in [3.8, 4) is 5.69 Å². The van der Waals surface area contributed by atoms with Gasteiger partial charge in [0.25, 0.3) is 0 Å². The van der Waals surface area contributed by atoms with Gasteiger partial charge >= 0.3 is 0 Å². The zero-order chi connectivity index (χ0) is 22.1. The van der Waals surface area contributed by atoms with E-state index in [1.54, 1.807) is 11.3 Å². The first kappa shape index (κ1) is 20.7. The van der Waals surface area contributed by atoms with Crippen LogP contribution in [0.5, 0.6) is 0 Å². The molecule has 2 aromatic heterocycles. The Morgan fingerprint density at radius 2 is 2.03 bits per heavy atom. The van der Waals surface area contributed by atoms with E-state index in [1.165, 1.54) is 5.56 Å². The Morgan fingerprint density at radius 3 is 2.84 bits per heavy atom. The van der Waals surface area contributed by atoms with Gasteiger partial charge in [-0.1, -0.05) is 48.6 Å². The van der Waals surface area contributed by atoms with E-state index in [0.29, 0.717) is 6.54 Å². The second-order valence-corrected chi connectivity index (χ2v) is 9.29. The second kappa shape index (κ2) is 8.74. The molecule has 4 aromatic rings. The molecule has 1 aliphatic rings. The molecule has 2 aromatic carbocycles. The first-order valence-corrected chi connectivity index (χ1v) is 12.0. The van der Waals surface area contributed by atoms with Crippen molar-refractivity contribution in [2.24, 2.45) is 5.92 Å². The summed E-state index contributed by atoms with van der Waals surface area (Å²) < 4.78 is 3.02. The van der Waals surface area contributed by atoms with Gasteiger partial charge in [0.05, 0.1) is 22.0 Å². The predicted octanol–water partition coefficient (Wildman–Crippen LogP) is 5.21. The van der Waals surface area contributed by atoms with Crippen molar-refractivity contribution in [3.63, 3.8) is 0 Å². The highest BCUT2D eigenvalue weighted by molar-refractivity contribution is 7.22. The molecule has 0 saturated carbocycles. The monoisotopic (exact) mass is 445 g/mol. The smallest absolute Gasteiger partial charge is 0.229 e. The van der Waals surface area contributed by atoms with Crippen LogP contribution in [0.3, 0.4) is 0 Å². The summed E-state index contributed by atoms with van der Waals surface area (Å²) in [5.41, 5.74) is 4.98.